The summed E-state index contributed by atoms with van der Waals surface area (Å²) in [6, 6.07) is 9.67. The molecule has 0 aliphatic carbocycles. The number of halogens is 2. The van der Waals surface area contributed by atoms with Crippen LogP contribution in [0, 0.1) is 0 Å². The fourth-order valence-corrected chi connectivity index (χ4v) is 4.12. The SMILES string of the molecule is CC(Cl)CC(CNC(=O)c1cn(CCN(C)C)c2cccc(Cl)c12)c1cccnc1. The largest absolute Gasteiger partial charge is 0.351 e. The van der Waals surface area contributed by atoms with Crippen molar-refractivity contribution in [2.45, 2.75) is 31.2 Å². The first kappa shape index (κ1) is 22.6. The van der Waals surface area contributed by atoms with Crippen molar-refractivity contribution in [2.24, 2.45) is 0 Å². The van der Waals surface area contributed by atoms with Crippen LogP contribution in [0.15, 0.2) is 48.9 Å². The summed E-state index contributed by atoms with van der Waals surface area (Å²) >= 11 is 12.7. The summed E-state index contributed by atoms with van der Waals surface area (Å²) in [5, 5.41) is 4.46. The van der Waals surface area contributed by atoms with E-state index in [4.69, 9.17) is 23.2 Å². The van der Waals surface area contributed by atoms with Crippen LogP contribution in [0.2, 0.25) is 5.02 Å². The van der Waals surface area contributed by atoms with Crippen LogP contribution in [-0.2, 0) is 6.54 Å². The first-order chi connectivity index (χ1) is 14.4. The maximum atomic E-state index is 13.1. The van der Waals surface area contributed by atoms with Gasteiger partial charge in [0.2, 0.25) is 0 Å². The molecular formula is C23H28Cl2N4O. The van der Waals surface area contributed by atoms with Gasteiger partial charge in [0, 0.05) is 54.9 Å². The summed E-state index contributed by atoms with van der Waals surface area (Å²) in [5.41, 5.74) is 2.63. The molecule has 1 aromatic carbocycles. The molecule has 30 heavy (non-hydrogen) atoms. The highest BCUT2D eigenvalue weighted by atomic mass is 35.5. The summed E-state index contributed by atoms with van der Waals surface area (Å²) in [6.07, 6.45) is 6.23. The second kappa shape index (κ2) is 10.3. The number of hydrogen-bond acceptors (Lipinski definition) is 3. The van der Waals surface area contributed by atoms with Crippen LogP contribution in [0.25, 0.3) is 10.9 Å². The third-order valence-corrected chi connectivity index (χ3v) is 5.66. The first-order valence-corrected chi connectivity index (χ1v) is 10.9. The molecule has 0 bridgehead atoms. The van der Waals surface area contributed by atoms with E-state index < -0.39 is 0 Å². The Morgan fingerprint density at radius 3 is 2.73 bits per heavy atom. The van der Waals surface area contributed by atoms with Crippen molar-refractivity contribution in [2.75, 3.05) is 27.2 Å². The highest BCUT2D eigenvalue weighted by Gasteiger charge is 2.20. The number of rotatable bonds is 9. The number of likely N-dealkylation sites (N-methyl/N-ethyl adjacent to an activating group) is 1. The van der Waals surface area contributed by atoms with Crippen LogP contribution in [0.4, 0.5) is 0 Å². The van der Waals surface area contributed by atoms with E-state index in [1.54, 1.807) is 6.20 Å². The zero-order valence-electron chi connectivity index (χ0n) is 17.6. The summed E-state index contributed by atoms with van der Waals surface area (Å²) in [5.74, 6) is -0.0412. The molecule has 1 N–H and O–H groups in total. The van der Waals surface area contributed by atoms with Crippen LogP contribution >= 0.6 is 23.2 Å². The quantitative estimate of drug-likeness (QED) is 0.481. The molecule has 2 aromatic heterocycles. The Kier molecular flexibility index (Phi) is 7.75. The average Bonchev–Trinajstić information content (AvgIpc) is 3.10. The molecule has 2 atom stereocenters. The Hall–Kier alpha value is -2.08. The van der Waals surface area contributed by atoms with Crippen LogP contribution in [0.5, 0.6) is 0 Å². The van der Waals surface area contributed by atoms with Crippen molar-refractivity contribution in [3.05, 3.63) is 65.1 Å². The molecule has 2 unspecified atom stereocenters. The van der Waals surface area contributed by atoms with E-state index in [9.17, 15) is 4.79 Å². The van der Waals surface area contributed by atoms with E-state index in [0.29, 0.717) is 17.1 Å². The monoisotopic (exact) mass is 446 g/mol. The number of hydrogen-bond donors (Lipinski definition) is 1. The zero-order chi connectivity index (χ0) is 21.7. The van der Waals surface area contributed by atoms with E-state index in [0.717, 1.165) is 36.0 Å². The minimum Gasteiger partial charge on any atom is -0.351 e. The molecular weight excluding hydrogens is 419 g/mol. The Bertz CT molecular complexity index is 986. The van der Waals surface area contributed by atoms with Gasteiger partial charge in [0.15, 0.2) is 0 Å². The highest BCUT2D eigenvalue weighted by Crippen LogP contribution is 2.29. The lowest BCUT2D eigenvalue weighted by Crippen LogP contribution is -2.29. The number of pyridine rings is 1. The van der Waals surface area contributed by atoms with Crippen LogP contribution < -0.4 is 5.32 Å². The van der Waals surface area contributed by atoms with Gasteiger partial charge in [-0.25, -0.2) is 0 Å². The van der Waals surface area contributed by atoms with Gasteiger partial charge in [-0.15, -0.1) is 11.6 Å². The lowest BCUT2D eigenvalue weighted by atomic mass is 9.95. The van der Waals surface area contributed by atoms with Gasteiger partial charge in [0.05, 0.1) is 16.1 Å². The summed E-state index contributed by atoms with van der Waals surface area (Å²) in [4.78, 5) is 19.5. The number of alkyl halides is 1. The molecule has 3 aromatic rings. The van der Waals surface area contributed by atoms with Crippen molar-refractivity contribution in [1.29, 1.82) is 0 Å². The summed E-state index contributed by atoms with van der Waals surface area (Å²) < 4.78 is 2.09. The second-order valence-corrected chi connectivity index (χ2v) is 9.04. The van der Waals surface area contributed by atoms with Gasteiger partial charge in [0.1, 0.15) is 0 Å². The number of fused-ring (bicyclic) bond motifs is 1. The predicted molar refractivity (Wildman–Crippen MR) is 125 cm³/mol. The van der Waals surface area contributed by atoms with Gasteiger partial charge >= 0.3 is 0 Å². The van der Waals surface area contributed by atoms with Crippen molar-refractivity contribution in [1.82, 2.24) is 19.8 Å². The molecule has 0 fully saturated rings. The van der Waals surface area contributed by atoms with E-state index in [1.807, 2.05) is 63.7 Å². The lowest BCUT2D eigenvalue weighted by molar-refractivity contribution is 0.0952. The predicted octanol–water partition coefficient (Wildman–Crippen LogP) is 4.78. The summed E-state index contributed by atoms with van der Waals surface area (Å²) in [7, 11) is 4.06. The normalized spacial score (nSPS) is 13.5. The Morgan fingerprint density at radius 2 is 2.07 bits per heavy atom. The van der Waals surface area contributed by atoms with Crippen LogP contribution in [0.3, 0.4) is 0 Å². The van der Waals surface area contributed by atoms with Gasteiger partial charge < -0.3 is 14.8 Å². The molecule has 0 radical (unpaired) electrons. The smallest absolute Gasteiger partial charge is 0.253 e. The zero-order valence-corrected chi connectivity index (χ0v) is 19.1. The standard InChI is InChI=1S/C23H28Cl2N4O/c1-16(24)12-18(17-6-5-9-26-13-17)14-27-23(30)19-15-29(11-10-28(2)3)21-8-4-7-20(25)22(19)21/h4-9,13,15-16,18H,10-12,14H2,1-3H3,(H,27,30). The number of aromatic nitrogens is 2. The van der Waals surface area contributed by atoms with Crippen molar-refractivity contribution >= 4 is 40.0 Å². The maximum Gasteiger partial charge on any atom is 0.253 e. The molecule has 0 saturated heterocycles. The third-order valence-electron chi connectivity index (χ3n) is 5.16. The van der Waals surface area contributed by atoms with Crippen molar-refractivity contribution in [3.8, 4) is 0 Å². The van der Waals surface area contributed by atoms with Crippen LogP contribution in [-0.4, -0.2) is 52.9 Å². The number of benzene rings is 1. The molecule has 160 valence electrons. The maximum absolute atomic E-state index is 13.1. The molecule has 5 nitrogen and oxygen atoms in total. The lowest BCUT2D eigenvalue weighted by Gasteiger charge is -2.19. The molecule has 0 aliphatic rings. The number of carbonyl (C=O) groups excluding carboxylic acids is 1. The number of amides is 1. The molecule has 0 aliphatic heterocycles. The second-order valence-electron chi connectivity index (χ2n) is 7.88. The number of nitrogens with zero attached hydrogens (tertiary/aromatic N) is 3. The first-order valence-electron chi connectivity index (χ1n) is 10.1. The van der Waals surface area contributed by atoms with Gasteiger partial charge in [0.25, 0.3) is 5.91 Å². The molecule has 7 heteroatoms. The molecule has 3 rings (SSSR count). The topological polar surface area (TPSA) is 50.2 Å². The van der Waals surface area contributed by atoms with E-state index in [1.165, 1.54) is 0 Å². The van der Waals surface area contributed by atoms with Gasteiger partial charge in [-0.2, -0.15) is 0 Å². The third kappa shape index (κ3) is 5.54. The molecule has 0 saturated carbocycles. The fraction of sp³-hybridized carbons (Fsp3) is 0.391. The molecule has 1 amide bonds. The van der Waals surface area contributed by atoms with E-state index in [-0.39, 0.29) is 17.2 Å². The summed E-state index contributed by atoms with van der Waals surface area (Å²) in [6.45, 7) is 4.09. The molecule has 0 spiro atoms. The van der Waals surface area contributed by atoms with Crippen LogP contribution in [0.1, 0.15) is 35.2 Å². The average molecular weight is 447 g/mol. The molecule has 2 heterocycles. The minimum atomic E-state index is -0.132. The Balaban J connectivity index is 1.83. The highest BCUT2D eigenvalue weighted by molar-refractivity contribution is 6.36. The fourth-order valence-electron chi connectivity index (χ4n) is 3.63. The van der Waals surface area contributed by atoms with E-state index >= 15 is 0 Å². The van der Waals surface area contributed by atoms with Crippen molar-refractivity contribution in [3.63, 3.8) is 0 Å². The van der Waals surface area contributed by atoms with E-state index in [2.05, 4.69) is 19.8 Å². The Labute approximate surface area is 188 Å². The minimum absolute atomic E-state index is 0.00509. The Morgan fingerprint density at radius 1 is 1.27 bits per heavy atom. The number of carbonyl (C=O) groups is 1. The van der Waals surface area contributed by atoms with Gasteiger partial charge in [-0.05, 0) is 51.2 Å². The van der Waals surface area contributed by atoms with Crippen molar-refractivity contribution < 1.29 is 4.79 Å². The van der Waals surface area contributed by atoms with Gasteiger partial charge in [-0.3, -0.25) is 9.78 Å². The number of nitrogens with one attached hydrogen (secondary N) is 1. The van der Waals surface area contributed by atoms with Gasteiger partial charge in [-0.1, -0.05) is 23.7 Å².